The van der Waals surface area contributed by atoms with Crippen LogP contribution in [-0.4, -0.2) is 22.7 Å². The second-order valence-electron chi connectivity index (χ2n) is 7.08. The number of nitrogens with one attached hydrogen (secondary N) is 2. The van der Waals surface area contributed by atoms with Gasteiger partial charge in [-0.25, -0.2) is 4.79 Å². The summed E-state index contributed by atoms with van der Waals surface area (Å²) < 4.78 is 5.35. The third-order valence-electron chi connectivity index (χ3n) is 3.70. The summed E-state index contributed by atoms with van der Waals surface area (Å²) in [4.78, 5) is 16.3. The van der Waals surface area contributed by atoms with E-state index in [0.29, 0.717) is 6.04 Å². The summed E-state index contributed by atoms with van der Waals surface area (Å²) in [5.41, 5.74) is 2.41. The van der Waals surface area contributed by atoms with E-state index >= 15 is 0 Å². The molecule has 1 heterocycles. The maximum absolute atomic E-state index is 12.1. The molecule has 0 atom stereocenters. The molecular weight excluding hydrogens is 290 g/mol. The second-order valence-corrected chi connectivity index (χ2v) is 7.08. The highest BCUT2D eigenvalue weighted by atomic mass is 16.6. The Kier molecular flexibility index (Phi) is 3.88. The number of nitrogens with zero attached hydrogens (tertiary/aromatic N) is 1. The number of pyridine rings is 1. The van der Waals surface area contributed by atoms with E-state index < -0.39 is 11.7 Å². The van der Waals surface area contributed by atoms with E-state index in [0.717, 1.165) is 27.7 Å². The summed E-state index contributed by atoms with van der Waals surface area (Å²) in [6.07, 6.45) is 5.54. The molecule has 2 N–H and O–H groups in total. The van der Waals surface area contributed by atoms with Crippen LogP contribution in [0.15, 0.2) is 24.5 Å². The highest BCUT2D eigenvalue weighted by Crippen LogP contribution is 2.36. The number of benzene rings is 1. The number of rotatable bonds is 3. The topological polar surface area (TPSA) is 63.2 Å². The van der Waals surface area contributed by atoms with Crippen molar-refractivity contribution in [2.75, 3.05) is 10.6 Å². The van der Waals surface area contributed by atoms with Crippen LogP contribution >= 0.6 is 0 Å². The van der Waals surface area contributed by atoms with E-state index in [1.165, 1.54) is 12.8 Å². The van der Waals surface area contributed by atoms with Gasteiger partial charge in [0.05, 0.1) is 5.69 Å². The van der Waals surface area contributed by atoms with Crippen molar-refractivity contribution in [3.8, 4) is 0 Å². The molecule has 1 aliphatic carbocycles. The van der Waals surface area contributed by atoms with Gasteiger partial charge in [-0.05, 0) is 58.2 Å². The zero-order chi connectivity index (χ0) is 16.6. The maximum atomic E-state index is 12.1. The minimum Gasteiger partial charge on any atom is -0.444 e. The number of hydrogen-bond acceptors (Lipinski definition) is 4. The Hall–Kier alpha value is -2.30. The molecule has 122 valence electrons. The lowest BCUT2D eigenvalue weighted by Gasteiger charge is -2.21. The number of amides is 1. The average Bonchev–Trinajstić information content (AvgIpc) is 3.25. The largest absolute Gasteiger partial charge is 0.444 e. The van der Waals surface area contributed by atoms with Gasteiger partial charge >= 0.3 is 6.09 Å². The fourth-order valence-corrected chi connectivity index (χ4v) is 2.55. The molecule has 1 saturated carbocycles. The van der Waals surface area contributed by atoms with Crippen LogP contribution in [-0.2, 0) is 4.74 Å². The Balaban J connectivity index is 1.96. The number of ether oxygens (including phenoxy) is 1. The van der Waals surface area contributed by atoms with E-state index in [9.17, 15) is 4.79 Å². The molecule has 2 aromatic rings. The van der Waals surface area contributed by atoms with Gasteiger partial charge in [-0.15, -0.1) is 0 Å². The van der Waals surface area contributed by atoms with Crippen LogP contribution in [0.25, 0.3) is 10.8 Å². The van der Waals surface area contributed by atoms with Gasteiger partial charge in [0.15, 0.2) is 0 Å². The lowest BCUT2D eigenvalue weighted by atomic mass is 10.0. The molecule has 23 heavy (non-hydrogen) atoms. The number of carbonyl (C=O) groups excluding carboxylic acids is 1. The lowest BCUT2D eigenvalue weighted by Crippen LogP contribution is -2.27. The Labute approximate surface area is 136 Å². The third-order valence-corrected chi connectivity index (χ3v) is 3.70. The van der Waals surface area contributed by atoms with Crippen LogP contribution in [0, 0.1) is 6.92 Å². The summed E-state index contributed by atoms with van der Waals surface area (Å²) in [7, 11) is 0. The van der Waals surface area contributed by atoms with Gasteiger partial charge in [0.25, 0.3) is 0 Å². The zero-order valence-electron chi connectivity index (χ0n) is 14.1. The fraction of sp³-hybridized carbons (Fsp3) is 0.444. The van der Waals surface area contributed by atoms with Crippen LogP contribution in [0.2, 0.25) is 0 Å². The van der Waals surface area contributed by atoms with E-state index in [4.69, 9.17) is 4.74 Å². The van der Waals surface area contributed by atoms with E-state index in [2.05, 4.69) is 15.6 Å². The molecule has 0 saturated heterocycles. The molecule has 0 aliphatic heterocycles. The molecular formula is C18H23N3O2. The monoisotopic (exact) mass is 313 g/mol. The first-order valence-corrected chi connectivity index (χ1v) is 7.97. The van der Waals surface area contributed by atoms with Gasteiger partial charge in [0.1, 0.15) is 5.60 Å². The molecule has 0 unspecified atom stereocenters. The first-order chi connectivity index (χ1) is 10.8. The first-order valence-electron chi connectivity index (χ1n) is 7.97. The fourth-order valence-electron chi connectivity index (χ4n) is 2.55. The van der Waals surface area contributed by atoms with E-state index in [1.54, 1.807) is 6.20 Å². The van der Waals surface area contributed by atoms with Gasteiger partial charge in [0, 0.05) is 34.9 Å². The van der Waals surface area contributed by atoms with Crippen molar-refractivity contribution in [1.29, 1.82) is 0 Å². The van der Waals surface area contributed by atoms with Crippen LogP contribution < -0.4 is 10.6 Å². The van der Waals surface area contributed by atoms with Gasteiger partial charge in [-0.2, -0.15) is 0 Å². The molecule has 5 nitrogen and oxygen atoms in total. The van der Waals surface area contributed by atoms with Gasteiger partial charge in [0.2, 0.25) is 0 Å². The van der Waals surface area contributed by atoms with Crippen molar-refractivity contribution >= 4 is 28.2 Å². The van der Waals surface area contributed by atoms with Gasteiger partial charge in [-0.3, -0.25) is 10.3 Å². The van der Waals surface area contributed by atoms with Crippen LogP contribution in [0.1, 0.15) is 39.2 Å². The average molecular weight is 313 g/mol. The molecule has 0 spiro atoms. The molecule has 1 amide bonds. The molecule has 1 aliphatic rings. The number of aryl methyl sites for hydroxylation is 1. The minimum atomic E-state index is -0.524. The molecule has 3 rings (SSSR count). The molecule has 0 bridgehead atoms. The van der Waals surface area contributed by atoms with Crippen molar-refractivity contribution in [1.82, 2.24) is 4.98 Å². The number of fused-ring (bicyclic) bond motifs is 1. The smallest absolute Gasteiger partial charge is 0.412 e. The minimum absolute atomic E-state index is 0.446. The Morgan fingerprint density at radius 1 is 1.30 bits per heavy atom. The number of carbonyl (C=O) groups is 1. The molecule has 1 fully saturated rings. The Morgan fingerprint density at radius 2 is 2.04 bits per heavy atom. The van der Waals surface area contributed by atoms with Gasteiger partial charge < -0.3 is 10.1 Å². The predicted octanol–water partition coefficient (Wildman–Crippen LogP) is 4.46. The number of hydrogen-bond donors (Lipinski definition) is 2. The highest BCUT2D eigenvalue weighted by Gasteiger charge is 2.23. The summed E-state index contributed by atoms with van der Waals surface area (Å²) >= 11 is 0. The first kappa shape index (κ1) is 15.6. The molecule has 0 radical (unpaired) electrons. The lowest BCUT2D eigenvalue weighted by molar-refractivity contribution is 0.0636. The summed E-state index contributed by atoms with van der Waals surface area (Å²) in [5, 5.41) is 8.40. The second kappa shape index (κ2) is 5.72. The summed E-state index contributed by atoms with van der Waals surface area (Å²) in [5.74, 6) is 0. The van der Waals surface area contributed by atoms with E-state index in [1.807, 2.05) is 46.0 Å². The van der Waals surface area contributed by atoms with Crippen LogP contribution in [0.5, 0.6) is 0 Å². The third kappa shape index (κ3) is 3.73. The highest BCUT2D eigenvalue weighted by molar-refractivity contribution is 6.06. The van der Waals surface area contributed by atoms with Crippen molar-refractivity contribution in [3.63, 3.8) is 0 Å². The Morgan fingerprint density at radius 3 is 2.70 bits per heavy atom. The van der Waals surface area contributed by atoms with Gasteiger partial charge in [-0.1, -0.05) is 0 Å². The normalized spacial score (nSPS) is 14.6. The standard InChI is InChI=1S/C18H23N3O2/c1-11-9-15(21-17(22)23-18(2,3)4)13-7-8-19-10-14(13)16(11)20-12-5-6-12/h7-10,12,20H,5-6H2,1-4H3,(H,21,22). The van der Waals surface area contributed by atoms with Crippen molar-refractivity contribution < 1.29 is 9.53 Å². The van der Waals surface area contributed by atoms with Crippen molar-refractivity contribution in [3.05, 3.63) is 30.1 Å². The number of aromatic nitrogens is 1. The van der Waals surface area contributed by atoms with Crippen molar-refractivity contribution in [2.45, 2.75) is 52.2 Å². The molecule has 1 aromatic carbocycles. The molecule has 1 aromatic heterocycles. The SMILES string of the molecule is Cc1cc(NC(=O)OC(C)(C)C)c2ccncc2c1NC1CC1. The Bertz CT molecular complexity index is 746. The molecule has 5 heteroatoms. The van der Waals surface area contributed by atoms with E-state index in [-0.39, 0.29) is 0 Å². The quantitative estimate of drug-likeness (QED) is 0.878. The number of anilines is 2. The van der Waals surface area contributed by atoms with Crippen molar-refractivity contribution in [2.24, 2.45) is 0 Å². The maximum Gasteiger partial charge on any atom is 0.412 e. The summed E-state index contributed by atoms with van der Waals surface area (Å²) in [6, 6.07) is 4.46. The zero-order valence-corrected chi connectivity index (χ0v) is 14.1. The summed E-state index contributed by atoms with van der Waals surface area (Å²) in [6.45, 7) is 7.59. The van der Waals surface area contributed by atoms with Crippen LogP contribution in [0.3, 0.4) is 0 Å². The van der Waals surface area contributed by atoms with Crippen LogP contribution in [0.4, 0.5) is 16.2 Å². The predicted molar refractivity (Wildman–Crippen MR) is 93.0 cm³/mol.